The van der Waals surface area contributed by atoms with Crippen LogP contribution in [0.25, 0.3) is 0 Å². The van der Waals surface area contributed by atoms with Gasteiger partial charge in [-0.2, -0.15) is 0 Å². The van der Waals surface area contributed by atoms with Crippen LogP contribution in [0, 0.1) is 0 Å². The van der Waals surface area contributed by atoms with Crippen molar-refractivity contribution in [3.63, 3.8) is 0 Å². The zero-order valence-corrected chi connectivity index (χ0v) is 10.4. The van der Waals surface area contributed by atoms with E-state index in [0.717, 1.165) is 38.8 Å². The highest BCUT2D eigenvalue weighted by molar-refractivity contribution is 7.88. The van der Waals surface area contributed by atoms with Crippen molar-refractivity contribution >= 4 is 10.0 Å². The van der Waals surface area contributed by atoms with E-state index in [1.165, 1.54) is 0 Å². The van der Waals surface area contributed by atoms with Crippen LogP contribution in [-0.2, 0) is 19.5 Å². The Kier molecular flexibility index (Phi) is 6.22. The summed E-state index contributed by atoms with van der Waals surface area (Å²) < 4.78 is 34.3. The molecule has 7 heteroatoms. The van der Waals surface area contributed by atoms with Crippen LogP contribution in [0.3, 0.4) is 0 Å². The summed E-state index contributed by atoms with van der Waals surface area (Å²) in [7, 11) is -3.05. The van der Waals surface area contributed by atoms with Gasteiger partial charge in [-0.15, -0.1) is 0 Å². The summed E-state index contributed by atoms with van der Waals surface area (Å²) in [5.41, 5.74) is 0. The largest absolute Gasteiger partial charge is 0.355 e. The van der Waals surface area contributed by atoms with E-state index in [1.54, 1.807) is 0 Å². The molecule has 0 aromatic heterocycles. The van der Waals surface area contributed by atoms with Gasteiger partial charge in [0.05, 0.1) is 19.0 Å². The highest BCUT2D eigenvalue weighted by Gasteiger charge is 2.12. The van der Waals surface area contributed by atoms with Crippen LogP contribution in [0.15, 0.2) is 0 Å². The first-order valence-corrected chi connectivity index (χ1v) is 7.32. The van der Waals surface area contributed by atoms with Gasteiger partial charge in [0.1, 0.15) is 6.79 Å². The second-order valence-corrected chi connectivity index (χ2v) is 5.66. The van der Waals surface area contributed by atoms with Gasteiger partial charge in [-0.1, -0.05) is 0 Å². The maximum absolute atomic E-state index is 10.7. The van der Waals surface area contributed by atoms with E-state index in [2.05, 4.69) is 10.0 Å². The standard InChI is InChI=1S/C9H20N2O4S/c1-16(12,13)11-5-2-4-10-7-9-3-6-14-8-15-9/h9-11H,2-8H2,1H3. The molecule has 0 saturated carbocycles. The molecule has 0 aliphatic carbocycles. The predicted molar refractivity (Wildman–Crippen MR) is 60.6 cm³/mol. The van der Waals surface area contributed by atoms with Crippen molar-refractivity contribution in [1.82, 2.24) is 10.0 Å². The Morgan fingerprint density at radius 2 is 2.19 bits per heavy atom. The minimum Gasteiger partial charge on any atom is -0.355 e. The summed E-state index contributed by atoms with van der Waals surface area (Å²) in [5.74, 6) is 0. The average Bonchev–Trinajstić information content (AvgIpc) is 2.23. The van der Waals surface area contributed by atoms with E-state index in [4.69, 9.17) is 9.47 Å². The zero-order valence-electron chi connectivity index (χ0n) is 9.57. The zero-order chi connectivity index (χ0) is 11.9. The molecule has 0 radical (unpaired) electrons. The Labute approximate surface area is 96.7 Å². The van der Waals surface area contributed by atoms with Crippen LogP contribution in [0.4, 0.5) is 0 Å². The molecule has 2 N–H and O–H groups in total. The van der Waals surface area contributed by atoms with Crippen LogP contribution >= 0.6 is 0 Å². The molecule has 0 spiro atoms. The Hall–Kier alpha value is -0.210. The average molecular weight is 252 g/mol. The number of hydrogen-bond acceptors (Lipinski definition) is 5. The molecule has 1 aliphatic heterocycles. The van der Waals surface area contributed by atoms with Crippen molar-refractivity contribution < 1.29 is 17.9 Å². The van der Waals surface area contributed by atoms with Crippen molar-refractivity contribution in [2.45, 2.75) is 18.9 Å². The van der Waals surface area contributed by atoms with E-state index >= 15 is 0 Å². The van der Waals surface area contributed by atoms with Gasteiger partial charge in [0.2, 0.25) is 10.0 Å². The molecule has 0 aromatic carbocycles. The Balaban J connectivity index is 1.91. The SMILES string of the molecule is CS(=O)(=O)NCCCNCC1CCOCO1. The van der Waals surface area contributed by atoms with E-state index in [-0.39, 0.29) is 6.10 Å². The minimum absolute atomic E-state index is 0.219. The number of hydrogen-bond donors (Lipinski definition) is 2. The second-order valence-electron chi connectivity index (χ2n) is 3.83. The molecule has 96 valence electrons. The summed E-state index contributed by atoms with van der Waals surface area (Å²) >= 11 is 0. The first-order chi connectivity index (χ1) is 7.58. The van der Waals surface area contributed by atoms with E-state index in [9.17, 15) is 8.42 Å². The molecular formula is C9H20N2O4S. The van der Waals surface area contributed by atoms with Gasteiger partial charge >= 0.3 is 0 Å². The van der Waals surface area contributed by atoms with Gasteiger partial charge in [0, 0.05) is 13.1 Å². The molecule has 1 heterocycles. The van der Waals surface area contributed by atoms with Crippen LogP contribution < -0.4 is 10.0 Å². The summed E-state index contributed by atoms with van der Waals surface area (Å²) in [6, 6.07) is 0. The van der Waals surface area contributed by atoms with Crippen molar-refractivity contribution in [1.29, 1.82) is 0 Å². The van der Waals surface area contributed by atoms with Crippen LogP contribution in [-0.4, -0.2) is 53.8 Å². The summed E-state index contributed by atoms with van der Waals surface area (Å²) in [4.78, 5) is 0. The topological polar surface area (TPSA) is 76.7 Å². The highest BCUT2D eigenvalue weighted by Crippen LogP contribution is 2.04. The Morgan fingerprint density at radius 1 is 1.38 bits per heavy atom. The van der Waals surface area contributed by atoms with Crippen LogP contribution in [0.1, 0.15) is 12.8 Å². The maximum Gasteiger partial charge on any atom is 0.208 e. The van der Waals surface area contributed by atoms with Crippen molar-refractivity contribution in [2.75, 3.05) is 39.3 Å². The van der Waals surface area contributed by atoms with Gasteiger partial charge in [0.15, 0.2) is 0 Å². The van der Waals surface area contributed by atoms with Crippen LogP contribution in [0.5, 0.6) is 0 Å². The van der Waals surface area contributed by atoms with E-state index < -0.39 is 10.0 Å². The third-order valence-electron chi connectivity index (χ3n) is 2.24. The number of nitrogens with one attached hydrogen (secondary N) is 2. The Morgan fingerprint density at radius 3 is 2.81 bits per heavy atom. The molecule has 0 amide bonds. The molecule has 6 nitrogen and oxygen atoms in total. The van der Waals surface area contributed by atoms with E-state index in [0.29, 0.717) is 13.3 Å². The van der Waals surface area contributed by atoms with Gasteiger partial charge < -0.3 is 14.8 Å². The summed E-state index contributed by atoms with van der Waals surface area (Å²) in [5, 5.41) is 3.23. The monoisotopic (exact) mass is 252 g/mol. The molecule has 16 heavy (non-hydrogen) atoms. The lowest BCUT2D eigenvalue weighted by Crippen LogP contribution is -2.35. The lowest BCUT2D eigenvalue weighted by Gasteiger charge is -2.22. The number of rotatable bonds is 7. The molecule has 1 saturated heterocycles. The molecule has 0 bridgehead atoms. The predicted octanol–water partition coefficient (Wildman–Crippen LogP) is -0.722. The molecule has 1 rings (SSSR count). The minimum atomic E-state index is -3.05. The normalized spacial score (nSPS) is 22.2. The van der Waals surface area contributed by atoms with Crippen LogP contribution in [0.2, 0.25) is 0 Å². The van der Waals surface area contributed by atoms with Gasteiger partial charge in [0.25, 0.3) is 0 Å². The fourth-order valence-electron chi connectivity index (χ4n) is 1.40. The number of ether oxygens (including phenoxy) is 2. The van der Waals surface area contributed by atoms with Gasteiger partial charge in [-0.05, 0) is 19.4 Å². The van der Waals surface area contributed by atoms with Gasteiger partial charge in [-0.25, -0.2) is 13.1 Å². The molecule has 0 aromatic rings. The Bertz CT molecular complexity index is 275. The molecule has 1 fully saturated rings. The van der Waals surface area contributed by atoms with Crippen molar-refractivity contribution in [3.8, 4) is 0 Å². The molecule has 1 atom stereocenters. The third-order valence-corrected chi connectivity index (χ3v) is 2.97. The smallest absolute Gasteiger partial charge is 0.208 e. The first kappa shape index (κ1) is 13.9. The summed E-state index contributed by atoms with van der Waals surface area (Å²) in [6.45, 7) is 3.18. The van der Waals surface area contributed by atoms with Crippen molar-refractivity contribution in [3.05, 3.63) is 0 Å². The van der Waals surface area contributed by atoms with E-state index in [1.807, 2.05) is 0 Å². The third kappa shape index (κ3) is 7.13. The molecular weight excluding hydrogens is 232 g/mol. The number of sulfonamides is 1. The molecule has 1 unspecified atom stereocenters. The fraction of sp³-hybridized carbons (Fsp3) is 1.00. The first-order valence-electron chi connectivity index (χ1n) is 5.42. The summed E-state index contributed by atoms with van der Waals surface area (Å²) in [6.07, 6.45) is 3.07. The maximum atomic E-state index is 10.7. The lowest BCUT2D eigenvalue weighted by molar-refractivity contribution is -0.137. The fourth-order valence-corrected chi connectivity index (χ4v) is 1.91. The highest BCUT2D eigenvalue weighted by atomic mass is 32.2. The molecule has 1 aliphatic rings. The quantitative estimate of drug-likeness (QED) is 0.585. The lowest BCUT2D eigenvalue weighted by atomic mass is 10.2. The van der Waals surface area contributed by atoms with Crippen molar-refractivity contribution in [2.24, 2.45) is 0 Å². The second kappa shape index (κ2) is 7.18. The van der Waals surface area contributed by atoms with Gasteiger partial charge in [-0.3, -0.25) is 0 Å².